The molecule has 3 heterocycles. The molecular weight excluding hydrogens is 402 g/mol. The standard InChI is InChI=1S/C25H33N5S/c1-17-16-25(2,3)29(6)21-11-10-18(15-19(17)21)23-22(20-9-7-8-12-26-20)27-24(31)30(23)14-13-28(4)5/h7-12,15-16,22-23H,13-14H2,1-6H3,(H,27,31)/t22-,23-/m0/s1. The summed E-state index contributed by atoms with van der Waals surface area (Å²) in [4.78, 5) is 11.5. The van der Waals surface area contributed by atoms with Crippen molar-refractivity contribution in [3.8, 4) is 0 Å². The maximum atomic E-state index is 5.79. The van der Waals surface area contributed by atoms with E-state index in [9.17, 15) is 0 Å². The monoisotopic (exact) mass is 435 g/mol. The summed E-state index contributed by atoms with van der Waals surface area (Å²) in [6.45, 7) is 8.54. The van der Waals surface area contributed by atoms with Crippen LogP contribution < -0.4 is 10.2 Å². The van der Waals surface area contributed by atoms with E-state index in [0.717, 1.165) is 23.9 Å². The van der Waals surface area contributed by atoms with E-state index in [1.165, 1.54) is 22.4 Å². The molecule has 2 atom stereocenters. The Morgan fingerprint density at radius 3 is 2.65 bits per heavy atom. The molecule has 1 aromatic carbocycles. The molecule has 0 spiro atoms. The normalized spacial score (nSPS) is 22.4. The van der Waals surface area contributed by atoms with Crippen LogP contribution in [0.15, 0.2) is 48.7 Å². The quantitative estimate of drug-likeness (QED) is 0.708. The average molecular weight is 436 g/mol. The van der Waals surface area contributed by atoms with Gasteiger partial charge in [0.1, 0.15) is 0 Å². The Morgan fingerprint density at radius 2 is 1.97 bits per heavy atom. The predicted molar refractivity (Wildman–Crippen MR) is 133 cm³/mol. The van der Waals surface area contributed by atoms with Crippen LogP contribution in [0.5, 0.6) is 0 Å². The van der Waals surface area contributed by atoms with Gasteiger partial charge in [-0.05, 0) is 82.5 Å². The second-order valence-corrected chi connectivity index (χ2v) is 9.83. The van der Waals surface area contributed by atoms with Crippen molar-refractivity contribution in [3.63, 3.8) is 0 Å². The highest BCUT2D eigenvalue weighted by atomic mass is 32.1. The van der Waals surface area contributed by atoms with Gasteiger partial charge in [-0.25, -0.2) is 0 Å². The maximum Gasteiger partial charge on any atom is 0.170 e. The maximum absolute atomic E-state index is 5.79. The molecule has 31 heavy (non-hydrogen) atoms. The number of allylic oxidation sites excluding steroid dienone is 1. The summed E-state index contributed by atoms with van der Waals surface area (Å²) >= 11 is 5.79. The number of fused-ring (bicyclic) bond motifs is 1. The number of nitrogens with one attached hydrogen (secondary N) is 1. The molecule has 1 aromatic heterocycles. The van der Waals surface area contributed by atoms with Crippen molar-refractivity contribution < 1.29 is 0 Å². The van der Waals surface area contributed by atoms with Crippen LogP contribution in [0.2, 0.25) is 0 Å². The second kappa shape index (κ2) is 8.24. The number of nitrogens with zero attached hydrogens (tertiary/aromatic N) is 4. The van der Waals surface area contributed by atoms with E-state index in [2.05, 4.69) is 97.3 Å². The van der Waals surface area contributed by atoms with Crippen molar-refractivity contribution >= 4 is 28.6 Å². The Hall–Kier alpha value is -2.44. The molecule has 5 nitrogen and oxygen atoms in total. The fraction of sp³-hybridized carbons (Fsp3) is 0.440. The van der Waals surface area contributed by atoms with E-state index in [-0.39, 0.29) is 17.6 Å². The van der Waals surface area contributed by atoms with Crippen molar-refractivity contribution in [3.05, 3.63) is 65.5 Å². The van der Waals surface area contributed by atoms with Crippen LogP contribution in [0, 0.1) is 0 Å². The summed E-state index contributed by atoms with van der Waals surface area (Å²) in [7, 11) is 6.37. The summed E-state index contributed by atoms with van der Waals surface area (Å²) in [6, 6.07) is 13.1. The molecule has 2 aromatic rings. The third-order valence-corrected chi connectivity index (χ3v) is 6.92. The average Bonchev–Trinajstić information content (AvgIpc) is 3.07. The van der Waals surface area contributed by atoms with Crippen molar-refractivity contribution in [2.24, 2.45) is 0 Å². The Balaban J connectivity index is 1.78. The van der Waals surface area contributed by atoms with Gasteiger partial charge in [0.2, 0.25) is 0 Å². The Morgan fingerprint density at radius 1 is 1.19 bits per heavy atom. The molecule has 1 fully saturated rings. The van der Waals surface area contributed by atoms with Gasteiger partial charge in [0.25, 0.3) is 0 Å². The van der Waals surface area contributed by atoms with Crippen LogP contribution in [0.3, 0.4) is 0 Å². The minimum absolute atomic E-state index is 0.00329. The number of likely N-dealkylation sites (N-methyl/N-ethyl adjacent to an activating group) is 2. The van der Waals surface area contributed by atoms with E-state index in [4.69, 9.17) is 12.2 Å². The van der Waals surface area contributed by atoms with Gasteiger partial charge < -0.3 is 20.0 Å². The lowest BCUT2D eigenvalue weighted by Gasteiger charge is -2.41. The van der Waals surface area contributed by atoms with E-state index in [1.807, 2.05) is 18.3 Å². The lowest BCUT2D eigenvalue weighted by Crippen LogP contribution is -2.42. The number of pyridine rings is 1. The lowest BCUT2D eigenvalue weighted by atomic mass is 9.86. The zero-order valence-corrected chi connectivity index (χ0v) is 20.2. The van der Waals surface area contributed by atoms with Gasteiger partial charge in [0, 0.05) is 37.6 Å². The van der Waals surface area contributed by atoms with Crippen molar-refractivity contribution in [1.29, 1.82) is 0 Å². The van der Waals surface area contributed by atoms with Crippen molar-refractivity contribution in [2.45, 2.75) is 38.4 Å². The van der Waals surface area contributed by atoms with Crippen LogP contribution in [0.25, 0.3) is 5.57 Å². The zero-order valence-electron chi connectivity index (χ0n) is 19.4. The fourth-order valence-corrected chi connectivity index (χ4v) is 5.01. The Bertz CT molecular complexity index is 998. The third kappa shape index (κ3) is 4.06. The Labute approximate surface area is 191 Å². The molecule has 4 rings (SSSR count). The molecule has 0 saturated carbocycles. The van der Waals surface area contributed by atoms with Gasteiger partial charge in [-0.3, -0.25) is 4.98 Å². The smallest absolute Gasteiger partial charge is 0.170 e. The highest BCUT2D eigenvalue weighted by Crippen LogP contribution is 2.43. The Kier molecular flexibility index (Phi) is 5.79. The first-order chi connectivity index (χ1) is 14.7. The number of hydrogen-bond donors (Lipinski definition) is 1. The van der Waals surface area contributed by atoms with E-state index >= 15 is 0 Å². The van der Waals surface area contributed by atoms with Gasteiger partial charge in [0.15, 0.2) is 5.11 Å². The van der Waals surface area contributed by atoms with Gasteiger partial charge >= 0.3 is 0 Å². The fourth-order valence-electron chi connectivity index (χ4n) is 4.68. The highest BCUT2D eigenvalue weighted by Gasteiger charge is 2.40. The van der Waals surface area contributed by atoms with Gasteiger partial charge in [-0.2, -0.15) is 0 Å². The largest absolute Gasteiger partial charge is 0.366 e. The summed E-state index contributed by atoms with van der Waals surface area (Å²) in [5, 5.41) is 4.35. The van der Waals surface area contributed by atoms with Gasteiger partial charge in [0.05, 0.1) is 23.3 Å². The minimum atomic E-state index is 0.00329. The van der Waals surface area contributed by atoms with Crippen LogP contribution in [0.1, 0.15) is 49.7 Å². The van der Waals surface area contributed by atoms with Crippen molar-refractivity contribution in [1.82, 2.24) is 20.1 Å². The summed E-state index contributed by atoms with van der Waals surface area (Å²) < 4.78 is 0. The van der Waals surface area contributed by atoms with Crippen LogP contribution in [0.4, 0.5) is 5.69 Å². The van der Waals surface area contributed by atoms with E-state index in [1.54, 1.807) is 0 Å². The molecule has 2 aliphatic rings. The molecule has 1 saturated heterocycles. The van der Waals surface area contributed by atoms with Crippen LogP contribution in [-0.2, 0) is 0 Å². The summed E-state index contributed by atoms with van der Waals surface area (Å²) in [6.07, 6.45) is 4.22. The number of rotatable bonds is 5. The number of benzene rings is 1. The third-order valence-electron chi connectivity index (χ3n) is 6.57. The first kappa shape index (κ1) is 21.8. The van der Waals surface area contributed by atoms with Crippen LogP contribution in [-0.4, -0.2) is 59.7 Å². The highest BCUT2D eigenvalue weighted by molar-refractivity contribution is 7.80. The lowest BCUT2D eigenvalue weighted by molar-refractivity contribution is 0.277. The zero-order chi connectivity index (χ0) is 22.3. The topological polar surface area (TPSA) is 34.6 Å². The summed E-state index contributed by atoms with van der Waals surface area (Å²) in [5.41, 5.74) is 6.18. The van der Waals surface area contributed by atoms with Gasteiger partial charge in [-0.15, -0.1) is 0 Å². The minimum Gasteiger partial charge on any atom is -0.366 e. The number of hydrogen-bond acceptors (Lipinski definition) is 4. The molecular formula is C25H33N5S. The molecule has 6 heteroatoms. The first-order valence-corrected chi connectivity index (χ1v) is 11.3. The molecule has 1 N–H and O–H groups in total. The molecule has 0 radical (unpaired) electrons. The van der Waals surface area contributed by atoms with Gasteiger partial charge in [-0.1, -0.05) is 18.2 Å². The SMILES string of the molecule is CC1=CC(C)(C)N(C)c2ccc([C@H]3[C@H](c4ccccn4)NC(=S)N3CCN(C)C)cc21. The van der Waals surface area contributed by atoms with Crippen LogP contribution >= 0.6 is 12.2 Å². The molecule has 0 unspecified atom stereocenters. The van der Waals surface area contributed by atoms with Crippen molar-refractivity contribution in [2.75, 3.05) is 39.1 Å². The molecule has 2 aliphatic heterocycles. The van der Waals surface area contributed by atoms with E-state index < -0.39 is 0 Å². The summed E-state index contributed by atoms with van der Waals surface area (Å²) in [5.74, 6) is 0. The number of aromatic nitrogens is 1. The molecule has 164 valence electrons. The molecule has 0 amide bonds. The second-order valence-electron chi connectivity index (χ2n) is 9.44. The number of anilines is 1. The molecule has 0 bridgehead atoms. The number of thiocarbonyl (C=S) groups is 1. The van der Waals surface area contributed by atoms with E-state index in [0.29, 0.717) is 0 Å². The molecule has 0 aliphatic carbocycles. The first-order valence-electron chi connectivity index (χ1n) is 10.9. The predicted octanol–water partition coefficient (Wildman–Crippen LogP) is 4.25.